The molecule has 23 heavy (non-hydrogen) atoms. The summed E-state index contributed by atoms with van der Waals surface area (Å²) in [5.41, 5.74) is 2.89. The van der Waals surface area contributed by atoms with Gasteiger partial charge in [0.1, 0.15) is 12.1 Å². The highest BCUT2D eigenvalue weighted by atomic mass is 79.9. The molecular weight excluding hydrogens is 378 g/mol. The third-order valence-corrected chi connectivity index (χ3v) is 4.62. The molecule has 1 amide bonds. The zero-order valence-electron chi connectivity index (χ0n) is 11.7. The van der Waals surface area contributed by atoms with Crippen molar-refractivity contribution in [2.24, 2.45) is 0 Å². The number of thiophene rings is 1. The molecule has 5 nitrogen and oxygen atoms in total. The Balaban J connectivity index is 1.62. The number of nitrogens with one attached hydrogen (secondary N) is 2. The summed E-state index contributed by atoms with van der Waals surface area (Å²) < 4.78 is 5.60. The molecule has 4 rings (SSSR count). The van der Waals surface area contributed by atoms with Crippen LogP contribution in [0.5, 0.6) is 0 Å². The number of imidazole rings is 1. The van der Waals surface area contributed by atoms with E-state index in [1.807, 2.05) is 35.7 Å². The van der Waals surface area contributed by atoms with E-state index in [0.717, 1.165) is 21.7 Å². The molecule has 0 aliphatic carbocycles. The number of aromatic amines is 1. The minimum atomic E-state index is -0.225. The molecule has 0 saturated carbocycles. The van der Waals surface area contributed by atoms with Gasteiger partial charge in [0.15, 0.2) is 4.67 Å². The molecule has 0 fully saturated rings. The van der Waals surface area contributed by atoms with E-state index in [2.05, 4.69) is 31.2 Å². The number of carbonyl (C=O) groups excluding carboxylic acids is 1. The average Bonchev–Trinajstić information content (AvgIpc) is 3.26. The van der Waals surface area contributed by atoms with Crippen LogP contribution in [0.2, 0.25) is 0 Å². The Morgan fingerprint density at radius 2 is 2.22 bits per heavy atom. The van der Waals surface area contributed by atoms with Gasteiger partial charge in [-0.2, -0.15) is 0 Å². The van der Waals surface area contributed by atoms with Crippen LogP contribution in [-0.4, -0.2) is 15.9 Å². The van der Waals surface area contributed by atoms with Crippen LogP contribution in [0, 0.1) is 0 Å². The summed E-state index contributed by atoms with van der Waals surface area (Å²) in [7, 11) is 0. The first-order valence-electron chi connectivity index (χ1n) is 6.78. The van der Waals surface area contributed by atoms with E-state index < -0.39 is 0 Å². The van der Waals surface area contributed by atoms with E-state index in [4.69, 9.17) is 4.42 Å². The summed E-state index contributed by atoms with van der Waals surface area (Å²) in [6.07, 6.45) is 1.41. The third kappa shape index (κ3) is 2.80. The highest BCUT2D eigenvalue weighted by Gasteiger charge is 2.11. The second kappa shape index (κ2) is 5.68. The standard InChI is InChI=1S/C16H10BrN3O2S/c17-14-6-9(8-22-14)16(21)18-10-3-4-11-12(7-10)20-15(19-11)13-2-1-5-23-13/h1-8H,(H,18,21)(H,19,20). The molecule has 1 aromatic carbocycles. The summed E-state index contributed by atoms with van der Waals surface area (Å²) in [4.78, 5) is 21.1. The van der Waals surface area contributed by atoms with Crippen LogP contribution in [0.15, 0.2) is 57.1 Å². The van der Waals surface area contributed by atoms with Crippen LogP contribution in [0.3, 0.4) is 0 Å². The van der Waals surface area contributed by atoms with Crippen LogP contribution in [-0.2, 0) is 0 Å². The molecule has 0 spiro atoms. The first-order chi connectivity index (χ1) is 11.2. The summed E-state index contributed by atoms with van der Waals surface area (Å²) in [5, 5.41) is 4.85. The smallest absolute Gasteiger partial charge is 0.258 e. The normalized spacial score (nSPS) is 11.0. The number of anilines is 1. The van der Waals surface area contributed by atoms with Crippen molar-refractivity contribution in [2.75, 3.05) is 5.32 Å². The lowest BCUT2D eigenvalue weighted by atomic mass is 10.2. The lowest BCUT2D eigenvalue weighted by Gasteiger charge is -2.02. The SMILES string of the molecule is O=C(Nc1ccc2nc(-c3cccs3)[nH]c2c1)c1coc(Br)c1. The lowest BCUT2D eigenvalue weighted by molar-refractivity contribution is 0.102. The molecular formula is C16H10BrN3O2S. The summed E-state index contributed by atoms with van der Waals surface area (Å²) >= 11 is 4.81. The molecule has 0 unspecified atom stereocenters. The number of fused-ring (bicyclic) bond motifs is 1. The predicted octanol–water partition coefficient (Wildman–Crippen LogP) is 4.90. The third-order valence-electron chi connectivity index (χ3n) is 3.32. The van der Waals surface area contributed by atoms with Gasteiger partial charge in [-0.1, -0.05) is 6.07 Å². The van der Waals surface area contributed by atoms with Crippen molar-refractivity contribution in [1.29, 1.82) is 0 Å². The summed E-state index contributed by atoms with van der Waals surface area (Å²) in [6, 6.07) is 11.2. The van der Waals surface area contributed by atoms with Gasteiger partial charge in [0.05, 0.1) is 21.5 Å². The Labute approximate surface area is 143 Å². The fraction of sp³-hybridized carbons (Fsp3) is 0. The van der Waals surface area contributed by atoms with Crippen LogP contribution >= 0.6 is 27.3 Å². The predicted molar refractivity (Wildman–Crippen MR) is 93.8 cm³/mol. The Morgan fingerprint density at radius 3 is 2.96 bits per heavy atom. The topological polar surface area (TPSA) is 70.9 Å². The van der Waals surface area contributed by atoms with Crippen molar-refractivity contribution < 1.29 is 9.21 Å². The molecule has 0 aliphatic rings. The van der Waals surface area contributed by atoms with E-state index in [0.29, 0.717) is 15.9 Å². The molecule has 114 valence electrons. The number of rotatable bonds is 3. The molecule has 0 aliphatic heterocycles. The molecule has 0 bridgehead atoms. The van der Waals surface area contributed by atoms with Gasteiger partial charge in [-0.25, -0.2) is 4.98 Å². The molecule has 0 radical (unpaired) electrons. The number of amides is 1. The number of halogens is 1. The van der Waals surface area contributed by atoms with Gasteiger partial charge in [0, 0.05) is 11.8 Å². The lowest BCUT2D eigenvalue weighted by Crippen LogP contribution is -2.10. The van der Waals surface area contributed by atoms with E-state index in [-0.39, 0.29) is 5.91 Å². The van der Waals surface area contributed by atoms with Crippen LogP contribution < -0.4 is 5.32 Å². The molecule has 0 saturated heterocycles. The van der Waals surface area contributed by atoms with Crippen molar-refractivity contribution >= 4 is 49.9 Å². The van der Waals surface area contributed by atoms with Crippen LogP contribution in [0.25, 0.3) is 21.7 Å². The van der Waals surface area contributed by atoms with E-state index in [9.17, 15) is 4.79 Å². The van der Waals surface area contributed by atoms with Crippen molar-refractivity contribution in [3.8, 4) is 10.7 Å². The zero-order chi connectivity index (χ0) is 15.8. The van der Waals surface area contributed by atoms with Gasteiger partial charge < -0.3 is 14.7 Å². The van der Waals surface area contributed by atoms with Crippen LogP contribution in [0.1, 0.15) is 10.4 Å². The molecule has 7 heteroatoms. The number of nitrogens with zero attached hydrogens (tertiary/aromatic N) is 1. The minimum absolute atomic E-state index is 0.225. The highest BCUT2D eigenvalue weighted by molar-refractivity contribution is 9.10. The Morgan fingerprint density at radius 1 is 1.30 bits per heavy atom. The zero-order valence-corrected chi connectivity index (χ0v) is 14.1. The maximum Gasteiger partial charge on any atom is 0.258 e. The van der Waals surface area contributed by atoms with E-state index in [1.54, 1.807) is 17.4 Å². The second-order valence-electron chi connectivity index (χ2n) is 4.89. The number of hydrogen-bond acceptors (Lipinski definition) is 4. The van der Waals surface area contributed by atoms with Crippen molar-refractivity contribution in [1.82, 2.24) is 9.97 Å². The minimum Gasteiger partial charge on any atom is -0.457 e. The number of hydrogen-bond donors (Lipinski definition) is 2. The van der Waals surface area contributed by atoms with Gasteiger partial charge >= 0.3 is 0 Å². The molecule has 4 aromatic rings. The van der Waals surface area contributed by atoms with Gasteiger partial charge in [-0.05, 0) is 45.6 Å². The van der Waals surface area contributed by atoms with Crippen molar-refractivity contribution in [3.05, 3.63) is 58.3 Å². The highest BCUT2D eigenvalue weighted by Crippen LogP contribution is 2.26. The Bertz CT molecular complexity index is 988. The van der Waals surface area contributed by atoms with Gasteiger partial charge in [-0.15, -0.1) is 11.3 Å². The fourth-order valence-electron chi connectivity index (χ4n) is 2.25. The maximum absolute atomic E-state index is 12.1. The molecule has 3 aromatic heterocycles. The summed E-state index contributed by atoms with van der Waals surface area (Å²) in [6.45, 7) is 0. The van der Waals surface area contributed by atoms with Gasteiger partial charge in [0.2, 0.25) is 0 Å². The van der Waals surface area contributed by atoms with Gasteiger partial charge in [0.25, 0.3) is 5.91 Å². The first kappa shape index (κ1) is 14.2. The number of benzene rings is 1. The number of aromatic nitrogens is 2. The van der Waals surface area contributed by atoms with Crippen molar-refractivity contribution in [3.63, 3.8) is 0 Å². The Kier molecular flexibility index (Phi) is 3.51. The largest absolute Gasteiger partial charge is 0.457 e. The fourth-order valence-corrected chi connectivity index (χ4v) is 3.26. The first-order valence-corrected chi connectivity index (χ1v) is 8.45. The second-order valence-corrected chi connectivity index (χ2v) is 6.62. The molecule has 3 heterocycles. The quantitative estimate of drug-likeness (QED) is 0.525. The maximum atomic E-state index is 12.1. The molecule has 2 N–H and O–H groups in total. The number of H-pyrrole nitrogens is 1. The van der Waals surface area contributed by atoms with Crippen LogP contribution in [0.4, 0.5) is 5.69 Å². The van der Waals surface area contributed by atoms with Gasteiger partial charge in [-0.3, -0.25) is 4.79 Å². The Hall–Kier alpha value is -2.38. The average molecular weight is 388 g/mol. The number of carbonyl (C=O) groups is 1. The number of furan rings is 1. The monoisotopic (exact) mass is 387 g/mol. The molecule has 0 atom stereocenters. The summed E-state index contributed by atoms with van der Waals surface area (Å²) in [5.74, 6) is 0.606. The van der Waals surface area contributed by atoms with Crippen molar-refractivity contribution in [2.45, 2.75) is 0 Å². The van der Waals surface area contributed by atoms with E-state index in [1.165, 1.54) is 6.26 Å². The van der Waals surface area contributed by atoms with E-state index >= 15 is 0 Å².